The molecule has 1 aromatic heterocycles. The first-order valence-electron chi connectivity index (χ1n) is 7.45. The molecule has 0 saturated heterocycles. The van der Waals surface area contributed by atoms with Gasteiger partial charge in [-0.15, -0.1) is 0 Å². The van der Waals surface area contributed by atoms with Crippen molar-refractivity contribution in [2.24, 2.45) is 0 Å². The Kier molecular flexibility index (Phi) is 5.16. The Bertz CT molecular complexity index is 789. The van der Waals surface area contributed by atoms with Gasteiger partial charge in [0.1, 0.15) is 5.58 Å². The number of carbonyl (C=O) groups is 2. The fraction of sp³-hybridized carbons (Fsp3) is 0.353. The lowest BCUT2D eigenvalue weighted by Crippen LogP contribution is -2.34. The number of carbonyl (C=O) groups excluding carboxylic acids is 2. The summed E-state index contributed by atoms with van der Waals surface area (Å²) in [6.45, 7) is 6.24. The summed E-state index contributed by atoms with van der Waals surface area (Å²) >= 11 is 0. The quantitative estimate of drug-likeness (QED) is 0.790. The van der Waals surface area contributed by atoms with Crippen LogP contribution < -0.4 is 5.43 Å². The fourth-order valence-electron chi connectivity index (χ4n) is 2.24. The molecule has 0 spiro atoms. The van der Waals surface area contributed by atoms with E-state index >= 15 is 0 Å². The summed E-state index contributed by atoms with van der Waals surface area (Å²) in [4.78, 5) is 37.4. The highest BCUT2D eigenvalue weighted by Gasteiger charge is 2.17. The van der Waals surface area contributed by atoms with Gasteiger partial charge < -0.3 is 14.1 Å². The smallest absolute Gasteiger partial charge is 0.374 e. The molecule has 0 unspecified atom stereocenters. The lowest BCUT2D eigenvalue weighted by Gasteiger charge is -2.18. The molecule has 0 radical (unpaired) electrons. The first-order chi connectivity index (χ1) is 11.0. The van der Waals surface area contributed by atoms with Crippen molar-refractivity contribution in [3.8, 4) is 0 Å². The van der Waals surface area contributed by atoms with E-state index in [1.54, 1.807) is 23.1 Å². The van der Waals surface area contributed by atoms with Gasteiger partial charge in [0.15, 0.2) is 12.0 Å². The highest BCUT2D eigenvalue weighted by Crippen LogP contribution is 2.14. The van der Waals surface area contributed by atoms with Crippen LogP contribution in [0.1, 0.15) is 30.0 Å². The second kappa shape index (κ2) is 7.09. The lowest BCUT2D eigenvalue weighted by molar-refractivity contribution is -0.134. The van der Waals surface area contributed by atoms with E-state index in [0.29, 0.717) is 24.1 Å². The third-order valence-corrected chi connectivity index (χ3v) is 3.53. The number of fused-ring (bicyclic) bond motifs is 1. The molecule has 6 nitrogen and oxygen atoms in total. The molecule has 0 aliphatic heterocycles. The van der Waals surface area contributed by atoms with Crippen LogP contribution in [-0.2, 0) is 9.53 Å². The van der Waals surface area contributed by atoms with E-state index in [1.807, 2.05) is 20.8 Å². The van der Waals surface area contributed by atoms with Gasteiger partial charge in [0, 0.05) is 19.2 Å². The number of hydrogen-bond acceptors (Lipinski definition) is 5. The molecular formula is C17H19NO5. The average molecular weight is 317 g/mol. The van der Waals surface area contributed by atoms with Gasteiger partial charge in [-0.05, 0) is 32.9 Å². The summed E-state index contributed by atoms with van der Waals surface area (Å²) in [6, 6.07) is 6.19. The van der Waals surface area contributed by atoms with Crippen LogP contribution in [0.4, 0.5) is 0 Å². The Labute approximate surface area is 133 Å². The van der Waals surface area contributed by atoms with Gasteiger partial charge in [-0.25, -0.2) is 4.79 Å². The Morgan fingerprint density at radius 2 is 1.87 bits per heavy atom. The molecule has 1 aromatic carbocycles. The van der Waals surface area contributed by atoms with Crippen LogP contribution in [-0.4, -0.2) is 36.5 Å². The summed E-state index contributed by atoms with van der Waals surface area (Å²) in [6.07, 6.45) is 0. The number of esters is 1. The molecule has 122 valence electrons. The minimum atomic E-state index is -0.829. The number of ether oxygens (including phenoxy) is 1. The van der Waals surface area contributed by atoms with Gasteiger partial charge in [0.2, 0.25) is 5.76 Å². The molecule has 1 amide bonds. The van der Waals surface area contributed by atoms with Gasteiger partial charge in [-0.1, -0.05) is 11.6 Å². The van der Waals surface area contributed by atoms with E-state index in [-0.39, 0.29) is 23.7 Å². The minimum Gasteiger partial charge on any atom is -0.450 e. The molecule has 0 atom stereocenters. The van der Waals surface area contributed by atoms with Gasteiger partial charge in [0.25, 0.3) is 5.91 Å². The monoisotopic (exact) mass is 317 g/mol. The zero-order chi connectivity index (χ0) is 17.0. The normalized spacial score (nSPS) is 10.6. The predicted octanol–water partition coefficient (Wildman–Crippen LogP) is 2.13. The van der Waals surface area contributed by atoms with E-state index in [9.17, 15) is 14.4 Å². The highest BCUT2D eigenvalue weighted by molar-refractivity contribution is 5.90. The number of hydrogen-bond donors (Lipinski definition) is 0. The second-order valence-corrected chi connectivity index (χ2v) is 5.12. The number of likely N-dealkylation sites (N-methyl/N-ethyl adjacent to an activating group) is 1. The molecule has 6 heteroatoms. The maximum Gasteiger partial charge on any atom is 0.374 e. The lowest BCUT2D eigenvalue weighted by atomic mass is 10.1. The van der Waals surface area contributed by atoms with Crippen LogP contribution in [0.5, 0.6) is 0 Å². The molecule has 0 aliphatic rings. The SMILES string of the molecule is CCN(CC)C(=O)COC(=O)c1cc(=O)c2cc(C)ccc2o1. The van der Waals surface area contributed by atoms with E-state index in [4.69, 9.17) is 9.15 Å². The topological polar surface area (TPSA) is 76.8 Å². The molecule has 0 fully saturated rings. The van der Waals surface area contributed by atoms with Crippen molar-refractivity contribution in [3.05, 3.63) is 45.8 Å². The standard InChI is InChI=1S/C17H19NO5/c1-4-18(5-2)16(20)10-22-17(21)15-9-13(19)12-8-11(3)6-7-14(12)23-15/h6-9H,4-5,10H2,1-3H3. The third kappa shape index (κ3) is 3.77. The fourth-order valence-corrected chi connectivity index (χ4v) is 2.24. The predicted molar refractivity (Wildman–Crippen MR) is 85.4 cm³/mol. The highest BCUT2D eigenvalue weighted by atomic mass is 16.5. The van der Waals surface area contributed by atoms with Gasteiger partial charge in [-0.3, -0.25) is 9.59 Å². The molecule has 23 heavy (non-hydrogen) atoms. The number of aryl methyl sites for hydroxylation is 1. The maximum absolute atomic E-state index is 12.1. The van der Waals surface area contributed by atoms with Crippen LogP contribution in [0.3, 0.4) is 0 Å². The van der Waals surface area contributed by atoms with Crippen molar-refractivity contribution >= 4 is 22.8 Å². The Balaban J connectivity index is 2.17. The summed E-state index contributed by atoms with van der Waals surface area (Å²) in [5.41, 5.74) is 0.909. The average Bonchev–Trinajstić information content (AvgIpc) is 2.54. The van der Waals surface area contributed by atoms with Crippen molar-refractivity contribution in [1.29, 1.82) is 0 Å². The number of amides is 1. The molecule has 0 saturated carbocycles. The summed E-state index contributed by atoms with van der Waals surface area (Å²) in [7, 11) is 0. The zero-order valence-corrected chi connectivity index (χ0v) is 13.4. The minimum absolute atomic E-state index is 0.210. The van der Waals surface area contributed by atoms with Crippen LogP contribution >= 0.6 is 0 Å². The van der Waals surface area contributed by atoms with Gasteiger partial charge in [-0.2, -0.15) is 0 Å². The van der Waals surface area contributed by atoms with Crippen LogP contribution in [0, 0.1) is 6.92 Å². The first kappa shape index (κ1) is 16.7. The van der Waals surface area contributed by atoms with E-state index in [1.165, 1.54) is 0 Å². The van der Waals surface area contributed by atoms with Crippen molar-refractivity contribution < 1.29 is 18.7 Å². The zero-order valence-electron chi connectivity index (χ0n) is 13.4. The van der Waals surface area contributed by atoms with E-state index in [2.05, 4.69) is 0 Å². The molecule has 2 aromatic rings. The van der Waals surface area contributed by atoms with Crippen molar-refractivity contribution in [2.45, 2.75) is 20.8 Å². The Morgan fingerprint density at radius 3 is 2.52 bits per heavy atom. The molecule has 2 rings (SSSR count). The Morgan fingerprint density at radius 1 is 1.17 bits per heavy atom. The maximum atomic E-state index is 12.1. The summed E-state index contributed by atoms with van der Waals surface area (Å²) in [5.74, 6) is -1.33. The number of rotatable bonds is 5. The third-order valence-electron chi connectivity index (χ3n) is 3.53. The van der Waals surface area contributed by atoms with Crippen LogP contribution in [0.2, 0.25) is 0 Å². The van der Waals surface area contributed by atoms with Crippen molar-refractivity contribution in [1.82, 2.24) is 4.90 Å². The van der Waals surface area contributed by atoms with Crippen molar-refractivity contribution in [2.75, 3.05) is 19.7 Å². The van der Waals surface area contributed by atoms with Crippen LogP contribution in [0.15, 0.2) is 33.5 Å². The Hall–Kier alpha value is -2.63. The molecule has 0 aliphatic carbocycles. The van der Waals surface area contributed by atoms with E-state index in [0.717, 1.165) is 11.6 Å². The molecule has 0 bridgehead atoms. The van der Waals surface area contributed by atoms with Crippen LogP contribution in [0.25, 0.3) is 11.0 Å². The largest absolute Gasteiger partial charge is 0.450 e. The van der Waals surface area contributed by atoms with Crippen molar-refractivity contribution in [3.63, 3.8) is 0 Å². The van der Waals surface area contributed by atoms with Gasteiger partial charge in [0.05, 0.1) is 5.39 Å². The summed E-state index contributed by atoms with van der Waals surface area (Å²) in [5, 5.41) is 0.403. The molecule has 1 heterocycles. The molecule has 0 N–H and O–H groups in total. The van der Waals surface area contributed by atoms with E-state index < -0.39 is 5.97 Å². The number of benzene rings is 1. The molecular weight excluding hydrogens is 298 g/mol. The second-order valence-electron chi connectivity index (χ2n) is 5.12. The first-order valence-corrected chi connectivity index (χ1v) is 7.45. The van der Waals surface area contributed by atoms with Gasteiger partial charge >= 0.3 is 5.97 Å². The number of nitrogens with zero attached hydrogens (tertiary/aromatic N) is 1. The summed E-state index contributed by atoms with van der Waals surface area (Å²) < 4.78 is 10.3.